The molecule has 1 N–H and O–H groups in total. The zero-order valence-electron chi connectivity index (χ0n) is 11.7. The van der Waals surface area contributed by atoms with Gasteiger partial charge in [0.15, 0.2) is 6.61 Å². The predicted molar refractivity (Wildman–Crippen MR) is 81.4 cm³/mol. The molecule has 114 valence electrons. The van der Waals surface area contributed by atoms with Crippen LogP contribution < -0.4 is 5.32 Å². The summed E-state index contributed by atoms with van der Waals surface area (Å²) in [6.45, 7) is 2.19. The number of esters is 1. The number of amides is 1. The summed E-state index contributed by atoms with van der Waals surface area (Å²) < 4.78 is 4.95. The lowest BCUT2D eigenvalue weighted by Gasteiger charge is -2.08. The Morgan fingerprint density at radius 3 is 2.71 bits per heavy atom. The minimum Gasteiger partial charge on any atom is -0.455 e. The maximum atomic E-state index is 11.6. The molecule has 1 aliphatic carbocycles. The molecule has 0 radical (unpaired) electrons. The van der Waals surface area contributed by atoms with E-state index in [1.165, 1.54) is 0 Å². The highest BCUT2D eigenvalue weighted by Crippen LogP contribution is 2.38. The Morgan fingerprint density at radius 2 is 2.10 bits per heavy atom. The molecule has 0 aromatic heterocycles. The van der Waals surface area contributed by atoms with E-state index in [-0.39, 0.29) is 24.4 Å². The lowest BCUT2D eigenvalue weighted by atomic mass is 10.1. The molecule has 2 atom stereocenters. The van der Waals surface area contributed by atoms with Crippen molar-refractivity contribution in [2.45, 2.75) is 19.8 Å². The number of hydrogen-bond acceptors (Lipinski definition) is 3. The van der Waals surface area contributed by atoms with Gasteiger partial charge in [-0.25, -0.2) is 0 Å². The average Bonchev–Trinajstić information content (AvgIpc) is 3.16. The van der Waals surface area contributed by atoms with Crippen LogP contribution in [0.4, 0.5) is 0 Å². The minimum atomic E-state index is -0.304. The van der Waals surface area contributed by atoms with Gasteiger partial charge in [-0.05, 0) is 36.5 Å². The molecule has 21 heavy (non-hydrogen) atoms. The third-order valence-electron chi connectivity index (χ3n) is 3.49. The number of rotatable bonds is 6. The van der Waals surface area contributed by atoms with E-state index in [2.05, 4.69) is 5.32 Å². The monoisotopic (exact) mass is 329 g/mol. The van der Waals surface area contributed by atoms with Crippen LogP contribution in [0.25, 0.3) is 0 Å². The van der Waals surface area contributed by atoms with Crippen LogP contribution in [-0.2, 0) is 20.7 Å². The van der Waals surface area contributed by atoms with Gasteiger partial charge in [0.1, 0.15) is 0 Å². The summed E-state index contributed by atoms with van der Waals surface area (Å²) in [5, 5.41) is 3.84. The molecular weight excluding hydrogens is 313 g/mol. The predicted octanol–water partition coefficient (Wildman–Crippen LogP) is 2.85. The zero-order valence-corrected chi connectivity index (χ0v) is 13.2. The number of carbonyl (C=O) groups excluding carboxylic acids is 2. The molecule has 0 saturated heterocycles. The molecule has 1 aromatic carbocycles. The van der Waals surface area contributed by atoms with Gasteiger partial charge in [-0.3, -0.25) is 9.59 Å². The van der Waals surface area contributed by atoms with Crippen LogP contribution in [-0.4, -0.2) is 25.0 Å². The van der Waals surface area contributed by atoms with Gasteiger partial charge >= 0.3 is 5.97 Å². The molecule has 0 spiro atoms. The number of nitrogens with one attached hydrogen (secondary N) is 1. The quantitative estimate of drug-likeness (QED) is 0.816. The van der Waals surface area contributed by atoms with E-state index in [1.807, 2.05) is 13.0 Å². The molecule has 1 fully saturated rings. The first-order valence-corrected chi connectivity index (χ1v) is 7.60. The molecule has 6 heteroatoms. The van der Waals surface area contributed by atoms with Crippen molar-refractivity contribution < 1.29 is 14.3 Å². The average molecular weight is 330 g/mol. The lowest BCUT2D eigenvalue weighted by molar-refractivity contribution is -0.150. The Morgan fingerprint density at radius 1 is 1.38 bits per heavy atom. The van der Waals surface area contributed by atoms with E-state index in [1.54, 1.807) is 12.1 Å². The van der Waals surface area contributed by atoms with Crippen LogP contribution in [0.5, 0.6) is 0 Å². The lowest BCUT2D eigenvalue weighted by Crippen LogP contribution is -2.30. The van der Waals surface area contributed by atoms with Crippen LogP contribution in [0.3, 0.4) is 0 Å². The van der Waals surface area contributed by atoms with Crippen molar-refractivity contribution in [2.24, 2.45) is 11.8 Å². The van der Waals surface area contributed by atoms with Crippen LogP contribution in [0.15, 0.2) is 18.2 Å². The van der Waals surface area contributed by atoms with Crippen molar-refractivity contribution in [1.29, 1.82) is 0 Å². The summed E-state index contributed by atoms with van der Waals surface area (Å²) in [4.78, 5) is 23.0. The molecule has 1 amide bonds. The third-order valence-corrected chi connectivity index (χ3v) is 4.08. The van der Waals surface area contributed by atoms with Crippen LogP contribution in [0.2, 0.25) is 10.0 Å². The van der Waals surface area contributed by atoms with Crippen LogP contribution >= 0.6 is 23.2 Å². The standard InChI is InChI=1S/C15H17Cl2NO3/c1-9-6-12(9)15(20)21-8-14(19)18-5-4-10-2-3-11(16)7-13(10)17/h2-3,7,9,12H,4-6,8H2,1H3,(H,18,19)/t9-,12+/m1/s1. The van der Waals surface area contributed by atoms with E-state index in [4.69, 9.17) is 27.9 Å². The van der Waals surface area contributed by atoms with Crippen molar-refractivity contribution in [2.75, 3.05) is 13.2 Å². The van der Waals surface area contributed by atoms with E-state index in [0.29, 0.717) is 28.9 Å². The topological polar surface area (TPSA) is 55.4 Å². The molecule has 0 bridgehead atoms. The van der Waals surface area contributed by atoms with Gasteiger partial charge in [0.2, 0.25) is 0 Å². The molecular formula is C15H17Cl2NO3. The van der Waals surface area contributed by atoms with Gasteiger partial charge in [-0.1, -0.05) is 36.2 Å². The number of halogens is 2. The van der Waals surface area contributed by atoms with Gasteiger partial charge in [0.05, 0.1) is 5.92 Å². The molecule has 1 aromatic rings. The number of benzene rings is 1. The Balaban J connectivity index is 1.66. The Kier molecular flexibility index (Phi) is 5.48. The molecule has 4 nitrogen and oxygen atoms in total. The molecule has 0 aliphatic heterocycles. The summed E-state index contributed by atoms with van der Waals surface area (Å²) >= 11 is 11.8. The normalized spacial score (nSPS) is 20.0. The Bertz CT molecular complexity index is 548. The highest BCUT2D eigenvalue weighted by molar-refractivity contribution is 6.35. The summed E-state index contributed by atoms with van der Waals surface area (Å²) in [7, 11) is 0. The van der Waals surface area contributed by atoms with E-state index < -0.39 is 0 Å². The second-order valence-electron chi connectivity index (χ2n) is 5.26. The van der Waals surface area contributed by atoms with Crippen molar-refractivity contribution in [1.82, 2.24) is 5.32 Å². The minimum absolute atomic E-state index is 0.0225. The Hall–Kier alpha value is -1.26. The van der Waals surface area contributed by atoms with Crippen molar-refractivity contribution in [3.63, 3.8) is 0 Å². The van der Waals surface area contributed by atoms with Gasteiger partial charge < -0.3 is 10.1 Å². The fourth-order valence-electron chi connectivity index (χ4n) is 2.01. The summed E-state index contributed by atoms with van der Waals surface area (Å²) in [6, 6.07) is 5.24. The smallest absolute Gasteiger partial charge is 0.309 e. The van der Waals surface area contributed by atoms with Gasteiger partial charge in [-0.15, -0.1) is 0 Å². The van der Waals surface area contributed by atoms with Crippen LogP contribution in [0, 0.1) is 11.8 Å². The summed E-state index contributed by atoms with van der Waals surface area (Å²) in [5.41, 5.74) is 0.908. The van der Waals surface area contributed by atoms with Crippen molar-refractivity contribution in [3.8, 4) is 0 Å². The maximum Gasteiger partial charge on any atom is 0.309 e. The van der Waals surface area contributed by atoms with Crippen LogP contribution in [0.1, 0.15) is 18.9 Å². The first kappa shape index (κ1) is 16.1. The fourth-order valence-corrected chi connectivity index (χ4v) is 2.51. The van der Waals surface area contributed by atoms with E-state index in [9.17, 15) is 9.59 Å². The molecule has 2 rings (SSSR count). The highest BCUT2D eigenvalue weighted by atomic mass is 35.5. The van der Waals surface area contributed by atoms with E-state index in [0.717, 1.165) is 12.0 Å². The Labute approximate surface area is 133 Å². The first-order valence-electron chi connectivity index (χ1n) is 6.84. The first-order chi connectivity index (χ1) is 9.97. The van der Waals surface area contributed by atoms with Gasteiger partial charge in [-0.2, -0.15) is 0 Å². The SMILES string of the molecule is C[C@@H]1C[C@@H]1C(=O)OCC(=O)NCCc1ccc(Cl)cc1Cl. The van der Waals surface area contributed by atoms with E-state index >= 15 is 0 Å². The van der Waals surface area contributed by atoms with Crippen molar-refractivity contribution >= 4 is 35.1 Å². The molecule has 0 heterocycles. The second-order valence-corrected chi connectivity index (χ2v) is 6.11. The number of carbonyl (C=O) groups is 2. The maximum absolute atomic E-state index is 11.6. The second kappa shape index (κ2) is 7.14. The molecule has 1 saturated carbocycles. The van der Waals surface area contributed by atoms with Gasteiger partial charge in [0.25, 0.3) is 5.91 Å². The number of ether oxygens (including phenoxy) is 1. The molecule has 1 aliphatic rings. The highest BCUT2D eigenvalue weighted by Gasteiger charge is 2.40. The van der Waals surface area contributed by atoms with Crippen molar-refractivity contribution in [3.05, 3.63) is 33.8 Å². The molecule has 0 unspecified atom stereocenters. The summed E-state index contributed by atoms with van der Waals surface area (Å²) in [5.74, 6) is -0.224. The fraction of sp³-hybridized carbons (Fsp3) is 0.467. The third kappa shape index (κ3) is 4.90. The number of hydrogen-bond donors (Lipinski definition) is 1. The summed E-state index contributed by atoms with van der Waals surface area (Å²) in [6.07, 6.45) is 1.45. The zero-order chi connectivity index (χ0) is 15.4. The largest absolute Gasteiger partial charge is 0.455 e. The van der Waals surface area contributed by atoms with Gasteiger partial charge in [0, 0.05) is 16.6 Å².